The van der Waals surface area contributed by atoms with Crippen LogP contribution < -0.4 is 0 Å². The molecule has 0 radical (unpaired) electrons. The van der Waals surface area contributed by atoms with E-state index in [4.69, 9.17) is 20.1 Å². The Balaban J connectivity index is 4.77. The van der Waals surface area contributed by atoms with Crippen molar-refractivity contribution in [2.75, 3.05) is 19.8 Å². The summed E-state index contributed by atoms with van der Waals surface area (Å²) in [5.74, 6) is -0.587. The average Bonchev–Trinajstić information content (AvgIpc) is 2.26. The molecule has 0 amide bonds. The van der Waals surface area contributed by atoms with Crippen LogP contribution in [0.1, 0.15) is 27.2 Å². The van der Waals surface area contributed by atoms with Crippen LogP contribution in [0.3, 0.4) is 0 Å². The maximum absolute atomic E-state index is 11.6. The molecule has 0 saturated heterocycles. The Bertz CT molecular complexity index is 262. The molecule has 3 N–H and O–H groups in total. The molecule has 0 aromatic carbocycles. The van der Waals surface area contributed by atoms with Crippen LogP contribution in [0, 0.1) is 0 Å². The fourth-order valence-corrected chi connectivity index (χ4v) is 1.00. The first kappa shape index (κ1) is 15.1. The van der Waals surface area contributed by atoms with Crippen molar-refractivity contribution in [1.29, 1.82) is 0 Å². The van der Waals surface area contributed by atoms with Gasteiger partial charge in [-0.3, -0.25) is 0 Å². The van der Waals surface area contributed by atoms with Crippen LogP contribution in [-0.2, 0) is 9.53 Å². The van der Waals surface area contributed by atoms with E-state index in [1.54, 1.807) is 20.8 Å². The summed E-state index contributed by atoms with van der Waals surface area (Å²) in [6.45, 7) is 3.82. The third-order valence-electron chi connectivity index (χ3n) is 2.51. The Morgan fingerprint density at radius 2 is 1.62 bits per heavy atom. The van der Waals surface area contributed by atoms with Crippen LogP contribution in [0.4, 0.5) is 0 Å². The molecule has 0 fully saturated rings. The molecule has 0 aliphatic rings. The van der Waals surface area contributed by atoms with E-state index in [1.165, 1.54) is 0 Å². The molecule has 0 rings (SSSR count). The fraction of sp³-hybridized carbons (Fsp3) is 0.727. The van der Waals surface area contributed by atoms with E-state index in [-0.39, 0.29) is 13.0 Å². The molecule has 0 atom stereocenters. The molecular formula is C11H20O5. The van der Waals surface area contributed by atoms with Crippen LogP contribution in [-0.4, -0.2) is 46.7 Å². The van der Waals surface area contributed by atoms with Gasteiger partial charge in [0.1, 0.15) is 0 Å². The summed E-state index contributed by atoms with van der Waals surface area (Å²) in [6.07, 6.45) is 0.00177. The summed E-state index contributed by atoms with van der Waals surface area (Å²) in [7, 11) is 0. The molecular weight excluding hydrogens is 212 g/mol. The molecule has 0 aliphatic heterocycles. The quantitative estimate of drug-likeness (QED) is 0.443. The van der Waals surface area contributed by atoms with Crippen molar-refractivity contribution in [2.45, 2.75) is 32.8 Å². The summed E-state index contributed by atoms with van der Waals surface area (Å²) >= 11 is 0. The molecule has 0 aliphatic carbocycles. The van der Waals surface area contributed by atoms with E-state index in [9.17, 15) is 4.79 Å². The lowest BCUT2D eigenvalue weighted by molar-refractivity contribution is -0.167. The predicted molar refractivity (Wildman–Crippen MR) is 58.7 cm³/mol. The van der Waals surface area contributed by atoms with Crippen molar-refractivity contribution in [3.05, 3.63) is 11.1 Å². The number of carbonyl (C=O) groups is 1. The normalized spacial score (nSPS) is 11.1. The maximum Gasteiger partial charge on any atom is 0.334 e. The first-order valence-electron chi connectivity index (χ1n) is 5.12. The second kappa shape index (κ2) is 6.62. The Kier molecular flexibility index (Phi) is 6.25. The van der Waals surface area contributed by atoms with Gasteiger partial charge in [0, 0.05) is 18.6 Å². The number of carbonyl (C=O) groups excluding carboxylic acids is 1. The Hall–Kier alpha value is -0.910. The Morgan fingerprint density at radius 3 is 1.94 bits per heavy atom. The minimum Gasteiger partial charge on any atom is -0.451 e. The van der Waals surface area contributed by atoms with Crippen LogP contribution in [0.15, 0.2) is 11.1 Å². The Labute approximate surface area is 95.4 Å². The van der Waals surface area contributed by atoms with Gasteiger partial charge in [0.25, 0.3) is 0 Å². The van der Waals surface area contributed by atoms with Crippen molar-refractivity contribution in [1.82, 2.24) is 0 Å². The molecule has 16 heavy (non-hydrogen) atoms. The van der Waals surface area contributed by atoms with Crippen molar-refractivity contribution >= 4 is 5.97 Å². The smallest absolute Gasteiger partial charge is 0.334 e. The van der Waals surface area contributed by atoms with Gasteiger partial charge in [-0.25, -0.2) is 4.79 Å². The van der Waals surface area contributed by atoms with E-state index < -0.39 is 24.8 Å². The van der Waals surface area contributed by atoms with E-state index in [1.807, 2.05) is 0 Å². The van der Waals surface area contributed by atoms with E-state index in [0.717, 1.165) is 5.57 Å². The van der Waals surface area contributed by atoms with E-state index >= 15 is 0 Å². The van der Waals surface area contributed by atoms with Gasteiger partial charge in [0.05, 0.1) is 13.2 Å². The van der Waals surface area contributed by atoms with E-state index in [2.05, 4.69) is 0 Å². The highest BCUT2D eigenvalue weighted by atomic mass is 16.6. The van der Waals surface area contributed by atoms with Gasteiger partial charge in [0.2, 0.25) is 0 Å². The largest absolute Gasteiger partial charge is 0.451 e. The van der Waals surface area contributed by atoms with Crippen LogP contribution in [0.5, 0.6) is 0 Å². The molecule has 0 aromatic rings. The lowest BCUT2D eigenvalue weighted by atomic mass is 10.0. The van der Waals surface area contributed by atoms with Crippen molar-refractivity contribution in [2.24, 2.45) is 0 Å². The highest BCUT2D eigenvalue weighted by Crippen LogP contribution is 2.18. The standard InChI is InChI=1S/C11H20O5/c1-8(2)9(3)10(15)16-11(6-13,7-14)4-5-12/h12-14H,4-7H2,1-3H3. The lowest BCUT2D eigenvalue weighted by Gasteiger charge is -2.29. The molecule has 0 spiro atoms. The highest BCUT2D eigenvalue weighted by molar-refractivity contribution is 5.88. The average molecular weight is 232 g/mol. The van der Waals surface area contributed by atoms with Gasteiger partial charge >= 0.3 is 5.97 Å². The Morgan fingerprint density at radius 1 is 1.12 bits per heavy atom. The summed E-state index contributed by atoms with van der Waals surface area (Å²) in [4.78, 5) is 11.6. The van der Waals surface area contributed by atoms with Crippen LogP contribution in [0.2, 0.25) is 0 Å². The van der Waals surface area contributed by atoms with Gasteiger partial charge in [-0.15, -0.1) is 0 Å². The van der Waals surface area contributed by atoms with Crippen LogP contribution in [0.25, 0.3) is 0 Å². The molecule has 0 saturated carbocycles. The number of esters is 1. The second-order valence-electron chi connectivity index (χ2n) is 3.99. The number of aliphatic hydroxyl groups excluding tert-OH is 3. The number of aliphatic hydroxyl groups is 3. The third kappa shape index (κ3) is 3.92. The molecule has 0 heterocycles. The molecule has 94 valence electrons. The monoisotopic (exact) mass is 232 g/mol. The molecule has 0 bridgehead atoms. The number of ether oxygens (including phenoxy) is 1. The van der Waals surface area contributed by atoms with Gasteiger partial charge < -0.3 is 20.1 Å². The van der Waals surface area contributed by atoms with Gasteiger partial charge in [-0.1, -0.05) is 5.57 Å². The minimum absolute atomic E-state index is 0.00177. The van der Waals surface area contributed by atoms with E-state index in [0.29, 0.717) is 5.57 Å². The number of hydrogen-bond acceptors (Lipinski definition) is 5. The number of hydrogen-bond donors (Lipinski definition) is 3. The minimum atomic E-state index is -1.40. The zero-order valence-electron chi connectivity index (χ0n) is 9.99. The number of rotatable bonds is 6. The number of allylic oxidation sites excluding steroid dienone is 1. The fourth-order valence-electron chi connectivity index (χ4n) is 1.00. The molecule has 5 heteroatoms. The highest BCUT2D eigenvalue weighted by Gasteiger charge is 2.33. The topological polar surface area (TPSA) is 87.0 Å². The molecule has 0 unspecified atom stereocenters. The van der Waals surface area contributed by atoms with Crippen molar-refractivity contribution < 1.29 is 24.9 Å². The zero-order chi connectivity index (χ0) is 12.8. The van der Waals surface area contributed by atoms with Gasteiger partial charge in [0.15, 0.2) is 5.60 Å². The predicted octanol–water partition coefficient (Wildman–Crippen LogP) is -0.00830. The summed E-state index contributed by atoms with van der Waals surface area (Å²) in [5.41, 5.74) is -0.161. The summed E-state index contributed by atoms with van der Waals surface area (Å²) < 4.78 is 5.04. The maximum atomic E-state index is 11.6. The lowest BCUT2D eigenvalue weighted by Crippen LogP contribution is -2.43. The van der Waals surface area contributed by atoms with Crippen molar-refractivity contribution in [3.63, 3.8) is 0 Å². The van der Waals surface area contributed by atoms with Gasteiger partial charge in [-0.05, 0) is 20.8 Å². The SMILES string of the molecule is CC(C)=C(C)C(=O)OC(CO)(CO)CCO. The third-order valence-corrected chi connectivity index (χ3v) is 2.51. The first-order valence-corrected chi connectivity index (χ1v) is 5.12. The van der Waals surface area contributed by atoms with Crippen LogP contribution >= 0.6 is 0 Å². The van der Waals surface area contributed by atoms with Crippen molar-refractivity contribution in [3.8, 4) is 0 Å². The zero-order valence-corrected chi connectivity index (χ0v) is 9.99. The van der Waals surface area contributed by atoms with Gasteiger partial charge in [-0.2, -0.15) is 0 Å². The first-order chi connectivity index (χ1) is 7.42. The summed E-state index contributed by atoms with van der Waals surface area (Å²) in [6, 6.07) is 0. The molecule has 0 aromatic heterocycles. The second-order valence-corrected chi connectivity index (χ2v) is 3.99. The molecule has 5 nitrogen and oxygen atoms in total. The summed E-state index contributed by atoms with van der Waals surface area (Å²) in [5, 5.41) is 27.0.